The normalized spacial score (nSPS) is 10.2. The maximum absolute atomic E-state index is 13.2. The zero-order valence-electron chi connectivity index (χ0n) is 10.7. The molecule has 0 atom stereocenters. The van der Waals surface area contributed by atoms with Crippen LogP contribution in [0.2, 0.25) is 0 Å². The van der Waals surface area contributed by atoms with Gasteiger partial charge in [0.2, 0.25) is 0 Å². The van der Waals surface area contributed by atoms with Crippen LogP contribution in [0.5, 0.6) is 0 Å². The standard InChI is InChI=1S/C15H11Br2FN2/c1-9-4-12(16)15(13(17)5-9)20-8-10-2-3-14(18)11(6-10)7-19/h2-6,20H,8H2,1H3. The molecular weight excluding hydrogens is 387 g/mol. The van der Waals surface area contributed by atoms with Gasteiger partial charge in [-0.3, -0.25) is 0 Å². The topological polar surface area (TPSA) is 35.8 Å². The van der Waals surface area contributed by atoms with Gasteiger partial charge in [-0.15, -0.1) is 0 Å². The molecule has 0 saturated heterocycles. The van der Waals surface area contributed by atoms with E-state index in [0.29, 0.717) is 6.54 Å². The molecule has 0 amide bonds. The Morgan fingerprint density at radius 3 is 2.45 bits per heavy atom. The van der Waals surface area contributed by atoms with E-state index in [-0.39, 0.29) is 5.56 Å². The Morgan fingerprint density at radius 1 is 1.20 bits per heavy atom. The largest absolute Gasteiger partial charge is 0.379 e. The number of rotatable bonds is 3. The first kappa shape index (κ1) is 15.0. The monoisotopic (exact) mass is 396 g/mol. The number of halogens is 3. The molecule has 2 rings (SSSR count). The van der Waals surface area contributed by atoms with Crippen LogP contribution in [-0.2, 0) is 6.54 Å². The number of benzene rings is 2. The Labute approximate surface area is 133 Å². The summed E-state index contributed by atoms with van der Waals surface area (Å²) < 4.78 is 15.1. The Morgan fingerprint density at radius 2 is 1.85 bits per heavy atom. The van der Waals surface area contributed by atoms with Gasteiger partial charge in [-0.25, -0.2) is 4.39 Å². The molecule has 0 fully saturated rings. The van der Waals surface area contributed by atoms with Crippen molar-refractivity contribution in [2.45, 2.75) is 13.5 Å². The number of hydrogen-bond acceptors (Lipinski definition) is 2. The minimum Gasteiger partial charge on any atom is -0.379 e. The third-order valence-electron chi connectivity index (χ3n) is 2.81. The van der Waals surface area contributed by atoms with Gasteiger partial charge in [-0.1, -0.05) is 6.07 Å². The van der Waals surface area contributed by atoms with Gasteiger partial charge in [-0.05, 0) is 74.2 Å². The summed E-state index contributed by atoms with van der Waals surface area (Å²) in [6.07, 6.45) is 0. The number of nitrogens with one attached hydrogen (secondary N) is 1. The zero-order valence-corrected chi connectivity index (χ0v) is 13.8. The van der Waals surface area contributed by atoms with E-state index in [1.165, 1.54) is 6.07 Å². The lowest BCUT2D eigenvalue weighted by molar-refractivity contribution is 0.623. The van der Waals surface area contributed by atoms with Crippen molar-refractivity contribution in [2.24, 2.45) is 0 Å². The van der Waals surface area contributed by atoms with E-state index < -0.39 is 5.82 Å². The number of aryl methyl sites for hydroxylation is 1. The van der Waals surface area contributed by atoms with E-state index in [9.17, 15) is 4.39 Å². The average Bonchev–Trinajstić information content (AvgIpc) is 2.39. The first-order chi connectivity index (χ1) is 9.51. The van der Waals surface area contributed by atoms with Crippen LogP contribution in [0, 0.1) is 24.1 Å². The van der Waals surface area contributed by atoms with E-state index in [4.69, 9.17) is 5.26 Å². The summed E-state index contributed by atoms with van der Waals surface area (Å²) in [7, 11) is 0. The Kier molecular flexibility index (Phi) is 4.79. The van der Waals surface area contributed by atoms with Crippen molar-refractivity contribution in [2.75, 3.05) is 5.32 Å². The fourth-order valence-corrected chi connectivity index (χ4v) is 3.52. The molecule has 0 radical (unpaired) electrons. The molecule has 2 aromatic carbocycles. The highest BCUT2D eigenvalue weighted by atomic mass is 79.9. The first-order valence-electron chi connectivity index (χ1n) is 5.89. The lowest BCUT2D eigenvalue weighted by Gasteiger charge is -2.12. The molecule has 0 aliphatic rings. The summed E-state index contributed by atoms with van der Waals surface area (Å²) in [5, 5.41) is 12.1. The van der Waals surface area contributed by atoms with Crippen LogP contribution in [0.1, 0.15) is 16.7 Å². The van der Waals surface area contributed by atoms with Gasteiger partial charge in [0.25, 0.3) is 0 Å². The first-order valence-corrected chi connectivity index (χ1v) is 7.48. The summed E-state index contributed by atoms with van der Waals surface area (Å²) in [6, 6.07) is 10.4. The van der Waals surface area contributed by atoms with Crippen molar-refractivity contribution in [3.8, 4) is 6.07 Å². The highest BCUT2D eigenvalue weighted by Gasteiger charge is 2.07. The molecule has 0 heterocycles. The second-order valence-electron chi connectivity index (χ2n) is 4.38. The molecule has 20 heavy (non-hydrogen) atoms. The van der Waals surface area contributed by atoms with Crippen molar-refractivity contribution in [1.29, 1.82) is 5.26 Å². The molecule has 0 bridgehead atoms. The van der Waals surface area contributed by atoms with E-state index >= 15 is 0 Å². The number of anilines is 1. The summed E-state index contributed by atoms with van der Waals surface area (Å²) in [5.41, 5.74) is 2.98. The van der Waals surface area contributed by atoms with Crippen LogP contribution in [-0.4, -0.2) is 0 Å². The van der Waals surface area contributed by atoms with Crippen molar-refractivity contribution in [1.82, 2.24) is 0 Å². The average molecular weight is 398 g/mol. The SMILES string of the molecule is Cc1cc(Br)c(NCc2ccc(F)c(C#N)c2)c(Br)c1. The zero-order chi connectivity index (χ0) is 14.7. The Bertz CT molecular complexity index is 670. The fourth-order valence-electron chi connectivity index (χ4n) is 1.83. The van der Waals surface area contributed by atoms with Gasteiger partial charge in [-0.2, -0.15) is 5.26 Å². The molecule has 0 aromatic heterocycles. The molecule has 0 aliphatic heterocycles. The molecule has 102 valence electrons. The predicted molar refractivity (Wildman–Crippen MR) is 85.0 cm³/mol. The maximum Gasteiger partial charge on any atom is 0.140 e. The van der Waals surface area contributed by atoms with E-state index in [0.717, 1.165) is 25.8 Å². The molecular formula is C15H11Br2FN2. The van der Waals surface area contributed by atoms with Crippen molar-refractivity contribution < 1.29 is 4.39 Å². The van der Waals surface area contributed by atoms with Crippen LogP contribution in [0.3, 0.4) is 0 Å². The number of nitrogens with zero attached hydrogens (tertiary/aromatic N) is 1. The van der Waals surface area contributed by atoms with Gasteiger partial charge in [0, 0.05) is 15.5 Å². The smallest absolute Gasteiger partial charge is 0.140 e. The third kappa shape index (κ3) is 3.38. The highest BCUT2D eigenvalue weighted by Crippen LogP contribution is 2.32. The molecule has 0 spiro atoms. The Balaban J connectivity index is 2.20. The molecule has 5 heteroatoms. The summed E-state index contributed by atoms with van der Waals surface area (Å²) in [6.45, 7) is 2.52. The number of nitriles is 1. The summed E-state index contributed by atoms with van der Waals surface area (Å²) in [5.74, 6) is -0.492. The van der Waals surface area contributed by atoms with Crippen molar-refractivity contribution in [3.63, 3.8) is 0 Å². The second kappa shape index (κ2) is 6.38. The number of hydrogen-bond donors (Lipinski definition) is 1. The minimum absolute atomic E-state index is 0.0614. The molecule has 0 aliphatic carbocycles. The van der Waals surface area contributed by atoms with Crippen LogP contribution >= 0.6 is 31.9 Å². The maximum atomic E-state index is 13.2. The van der Waals surface area contributed by atoms with Gasteiger partial charge >= 0.3 is 0 Å². The highest BCUT2D eigenvalue weighted by molar-refractivity contribution is 9.11. The molecule has 0 saturated carbocycles. The summed E-state index contributed by atoms with van der Waals surface area (Å²) in [4.78, 5) is 0. The lowest BCUT2D eigenvalue weighted by atomic mass is 10.1. The second-order valence-corrected chi connectivity index (χ2v) is 6.09. The quantitative estimate of drug-likeness (QED) is 0.777. The fraction of sp³-hybridized carbons (Fsp3) is 0.133. The van der Waals surface area contributed by atoms with E-state index in [2.05, 4.69) is 37.2 Å². The van der Waals surface area contributed by atoms with Gasteiger partial charge in [0.15, 0.2) is 0 Å². The van der Waals surface area contributed by atoms with Gasteiger partial charge < -0.3 is 5.32 Å². The van der Waals surface area contributed by atoms with Crippen LogP contribution < -0.4 is 5.32 Å². The minimum atomic E-state index is -0.492. The lowest BCUT2D eigenvalue weighted by Crippen LogP contribution is -2.02. The van der Waals surface area contributed by atoms with E-state index in [1.54, 1.807) is 12.1 Å². The molecule has 2 aromatic rings. The summed E-state index contributed by atoms with van der Waals surface area (Å²) >= 11 is 7.01. The predicted octanol–water partition coefficient (Wildman–Crippen LogP) is 5.14. The molecule has 0 unspecified atom stereocenters. The van der Waals surface area contributed by atoms with E-state index in [1.807, 2.05) is 25.1 Å². The van der Waals surface area contributed by atoms with Gasteiger partial charge in [0.05, 0.1) is 11.3 Å². The van der Waals surface area contributed by atoms with Crippen LogP contribution in [0.4, 0.5) is 10.1 Å². The van der Waals surface area contributed by atoms with Crippen LogP contribution in [0.15, 0.2) is 39.3 Å². The Hall–Kier alpha value is -1.38. The molecule has 2 nitrogen and oxygen atoms in total. The third-order valence-corrected chi connectivity index (χ3v) is 4.06. The molecule has 1 N–H and O–H groups in total. The van der Waals surface area contributed by atoms with Gasteiger partial charge in [0.1, 0.15) is 11.9 Å². The van der Waals surface area contributed by atoms with Crippen molar-refractivity contribution in [3.05, 3.63) is 61.8 Å². The van der Waals surface area contributed by atoms with Crippen LogP contribution in [0.25, 0.3) is 0 Å². The van der Waals surface area contributed by atoms with Crippen molar-refractivity contribution >= 4 is 37.5 Å².